The molecule has 1 aromatic carbocycles. The Balaban J connectivity index is 1.63. The van der Waals surface area contributed by atoms with Crippen LogP contribution < -0.4 is 25.2 Å². The minimum Gasteiger partial charge on any atom is -0.487 e. The van der Waals surface area contributed by atoms with E-state index in [0.29, 0.717) is 25.5 Å². The molecule has 0 bridgehead atoms. The lowest BCUT2D eigenvalue weighted by Gasteiger charge is -2.41. The van der Waals surface area contributed by atoms with E-state index in [4.69, 9.17) is 4.74 Å². The number of para-hydroxylation sites is 1. The van der Waals surface area contributed by atoms with Crippen molar-refractivity contribution >= 4 is 35.0 Å². The average molecular weight is 419 g/mol. The van der Waals surface area contributed by atoms with Crippen LogP contribution in [0.1, 0.15) is 25.7 Å². The first-order valence-electron chi connectivity index (χ1n) is 10.4. The summed E-state index contributed by atoms with van der Waals surface area (Å²) < 4.78 is 6.16. The minimum atomic E-state index is -0.276. The monoisotopic (exact) mass is 418 g/mol. The molecule has 2 fully saturated rings. The molecule has 3 aliphatic heterocycles. The molecule has 0 aliphatic carbocycles. The normalized spacial score (nSPS) is 25.9. The van der Waals surface area contributed by atoms with Gasteiger partial charge in [0.05, 0.1) is 24.0 Å². The van der Waals surface area contributed by atoms with E-state index < -0.39 is 0 Å². The Morgan fingerprint density at radius 2 is 1.90 bits per heavy atom. The number of rotatable bonds is 4. The summed E-state index contributed by atoms with van der Waals surface area (Å²) >= 11 is 1.52. The molecule has 1 aromatic rings. The van der Waals surface area contributed by atoms with Crippen LogP contribution >= 0.6 is 11.8 Å². The zero-order chi connectivity index (χ0) is 20.4. The number of nitrogens with zero attached hydrogens (tertiary/aromatic N) is 2. The maximum atomic E-state index is 12.6. The third kappa shape index (κ3) is 4.05. The van der Waals surface area contributed by atoms with Crippen molar-refractivity contribution < 1.29 is 14.3 Å². The Labute approximate surface area is 176 Å². The number of amides is 2. The molecule has 7 nitrogen and oxygen atoms in total. The van der Waals surface area contributed by atoms with E-state index in [1.54, 1.807) is 0 Å². The van der Waals surface area contributed by atoms with Gasteiger partial charge in [-0.05, 0) is 44.7 Å². The van der Waals surface area contributed by atoms with E-state index in [-0.39, 0.29) is 23.1 Å². The number of hydrogen-bond acceptors (Lipinski definition) is 7. The van der Waals surface area contributed by atoms with Crippen molar-refractivity contribution in [3.05, 3.63) is 18.2 Å². The number of imide groups is 1. The fraction of sp³-hybridized carbons (Fsp3) is 0.619. The van der Waals surface area contributed by atoms with E-state index in [1.165, 1.54) is 11.8 Å². The van der Waals surface area contributed by atoms with Crippen molar-refractivity contribution in [3.8, 4) is 5.75 Å². The van der Waals surface area contributed by atoms with Gasteiger partial charge in [-0.3, -0.25) is 14.9 Å². The van der Waals surface area contributed by atoms with Crippen molar-refractivity contribution in [1.82, 2.24) is 10.6 Å². The summed E-state index contributed by atoms with van der Waals surface area (Å²) in [6.07, 6.45) is 5.21. The van der Waals surface area contributed by atoms with E-state index in [0.717, 1.165) is 49.6 Å². The second-order valence-electron chi connectivity index (χ2n) is 7.89. The highest BCUT2D eigenvalue weighted by Gasteiger charge is 2.38. The number of nitrogens with one attached hydrogen (secondary N) is 2. The topological polar surface area (TPSA) is 73.9 Å². The molecule has 3 aliphatic rings. The fourth-order valence-electron chi connectivity index (χ4n) is 4.72. The summed E-state index contributed by atoms with van der Waals surface area (Å²) in [5, 5.41) is 5.64. The summed E-state index contributed by atoms with van der Waals surface area (Å²) in [5.41, 5.74) is 2.17. The van der Waals surface area contributed by atoms with Crippen LogP contribution in [0.5, 0.6) is 5.75 Å². The first-order valence-corrected chi connectivity index (χ1v) is 11.7. The van der Waals surface area contributed by atoms with Crippen LogP contribution in [0.4, 0.5) is 11.4 Å². The summed E-state index contributed by atoms with van der Waals surface area (Å²) in [4.78, 5) is 29.2. The first kappa shape index (κ1) is 20.3. The van der Waals surface area contributed by atoms with Gasteiger partial charge in [0, 0.05) is 25.6 Å². The number of fused-ring (bicyclic) bond motifs is 1. The second-order valence-corrected chi connectivity index (χ2v) is 8.87. The Bertz CT molecular complexity index is 766. The van der Waals surface area contributed by atoms with Crippen molar-refractivity contribution in [2.75, 3.05) is 49.3 Å². The van der Waals surface area contributed by atoms with Crippen molar-refractivity contribution in [2.24, 2.45) is 0 Å². The molecule has 2 N–H and O–H groups in total. The second kappa shape index (κ2) is 8.83. The number of hydrogen-bond donors (Lipinski definition) is 2. The molecule has 2 atom stereocenters. The Morgan fingerprint density at radius 3 is 2.62 bits per heavy atom. The largest absolute Gasteiger partial charge is 0.487 e. The smallest absolute Gasteiger partial charge is 0.241 e. The molecule has 0 saturated carbocycles. The number of thioether (sulfide) groups is 1. The molecule has 0 spiro atoms. The first-order chi connectivity index (χ1) is 14.1. The molecule has 0 aromatic heterocycles. The van der Waals surface area contributed by atoms with Crippen LogP contribution in [0.25, 0.3) is 0 Å². The molecular weight excluding hydrogens is 388 g/mol. The fourth-order valence-corrected chi connectivity index (χ4v) is 5.59. The van der Waals surface area contributed by atoms with Gasteiger partial charge in [-0.15, -0.1) is 11.8 Å². The molecule has 4 rings (SSSR count). The lowest BCUT2D eigenvalue weighted by atomic mass is 10.0. The molecule has 2 saturated heterocycles. The molecule has 2 amide bonds. The van der Waals surface area contributed by atoms with Crippen molar-refractivity contribution in [3.63, 3.8) is 0 Å². The van der Waals surface area contributed by atoms with Gasteiger partial charge >= 0.3 is 0 Å². The molecule has 8 heteroatoms. The predicted molar refractivity (Wildman–Crippen MR) is 117 cm³/mol. The van der Waals surface area contributed by atoms with E-state index >= 15 is 0 Å². The summed E-state index contributed by atoms with van der Waals surface area (Å²) in [6.45, 7) is 3.31. The van der Waals surface area contributed by atoms with Crippen LogP contribution in [0, 0.1) is 0 Å². The molecular formula is C21H30N4O3S. The molecule has 2 unspecified atom stereocenters. The number of carbonyl (C=O) groups is 2. The van der Waals surface area contributed by atoms with Gasteiger partial charge in [0.25, 0.3) is 0 Å². The van der Waals surface area contributed by atoms with E-state index in [2.05, 4.69) is 38.6 Å². The number of ether oxygens (including phenoxy) is 1. The van der Waals surface area contributed by atoms with Crippen LogP contribution in [0.2, 0.25) is 0 Å². The minimum absolute atomic E-state index is 0.0237. The number of piperidine rings is 1. The third-order valence-corrected chi connectivity index (χ3v) is 7.33. The number of anilines is 2. The Hall–Kier alpha value is -1.93. The van der Waals surface area contributed by atoms with Crippen LogP contribution in [-0.4, -0.2) is 68.7 Å². The zero-order valence-electron chi connectivity index (χ0n) is 17.1. The summed E-state index contributed by atoms with van der Waals surface area (Å²) in [6, 6.07) is 6.85. The van der Waals surface area contributed by atoms with Gasteiger partial charge in [-0.1, -0.05) is 6.07 Å². The van der Waals surface area contributed by atoms with Gasteiger partial charge in [-0.2, -0.15) is 0 Å². The quantitative estimate of drug-likeness (QED) is 0.720. The third-order valence-electron chi connectivity index (χ3n) is 6.30. The zero-order valence-corrected chi connectivity index (χ0v) is 18.0. The predicted octanol–water partition coefficient (Wildman–Crippen LogP) is 1.61. The molecule has 3 heterocycles. The molecule has 0 radical (unpaired) electrons. The highest BCUT2D eigenvalue weighted by Crippen LogP contribution is 2.43. The van der Waals surface area contributed by atoms with Gasteiger partial charge in [0.15, 0.2) is 5.75 Å². The lowest BCUT2D eigenvalue weighted by molar-refractivity contribution is -0.129. The molecule has 29 heavy (non-hydrogen) atoms. The van der Waals surface area contributed by atoms with Gasteiger partial charge < -0.3 is 19.9 Å². The lowest BCUT2D eigenvalue weighted by Crippen LogP contribution is -2.50. The van der Waals surface area contributed by atoms with Crippen LogP contribution in [0.15, 0.2) is 18.2 Å². The molecule has 158 valence electrons. The summed E-state index contributed by atoms with van der Waals surface area (Å²) in [7, 11) is 2.03. The standard InChI is InChI=1S/C21H30N4O3S/c1-22-14-8-10-24(11-9-14)15-4-3-5-16-19(15)28-13-12-25(16)17-6-7-18(26)23-21(27)20(17)29-2/h3-5,14,17,20,22H,6-13H2,1-2H3,(H,23,26,27). The maximum absolute atomic E-state index is 12.6. The van der Waals surface area contributed by atoms with E-state index in [9.17, 15) is 9.59 Å². The number of benzene rings is 1. The highest BCUT2D eigenvalue weighted by molar-refractivity contribution is 8.00. The van der Waals surface area contributed by atoms with Crippen molar-refractivity contribution in [1.29, 1.82) is 0 Å². The van der Waals surface area contributed by atoms with Crippen molar-refractivity contribution in [2.45, 2.75) is 43.0 Å². The number of carbonyl (C=O) groups excluding carboxylic acids is 2. The SMILES string of the molecule is CNC1CCN(c2cccc3c2OCCN3C2CCC(=O)NC(=O)C2SC)CC1. The van der Waals surface area contributed by atoms with Gasteiger partial charge in [0.1, 0.15) is 11.9 Å². The highest BCUT2D eigenvalue weighted by atomic mass is 32.2. The summed E-state index contributed by atoms with van der Waals surface area (Å²) in [5.74, 6) is 0.562. The Kier molecular flexibility index (Phi) is 6.20. The van der Waals surface area contributed by atoms with Gasteiger partial charge in [0.2, 0.25) is 11.8 Å². The maximum Gasteiger partial charge on any atom is 0.241 e. The van der Waals surface area contributed by atoms with Crippen LogP contribution in [-0.2, 0) is 9.59 Å². The van der Waals surface area contributed by atoms with Gasteiger partial charge in [-0.25, -0.2) is 0 Å². The van der Waals surface area contributed by atoms with E-state index in [1.807, 2.05) is 13.3 Å². The Morgan fingerprint density at radius 1 is 1.14 bits per heavy atom. The van der Waals surface area contributed by atoms with Crippen LogP contribution in [0.3, 0.4) is 0 Å². The average Bonchev–Trinajstić information content (AvgIpc) is 2.90.